The minimum absolute atomic E-state index is 0.246. The summed E-state index contributed by atoms with van der Waals surface area (Å²) in [5.41, 5.74) is 2.75. The second-order valence-corrected chi connectivity index (χ2v) is 4.47. The second kappa shape index (κ2) is 6.23. The van der Waals surface area contributed by atoms with Gasteiger partial charge in [0.25, 0.3) is 0 Å². The molecule has 1 aliphatic heterocycles. The summed E-state index contributed by atoms with van der Waals surface area (Å²) in [5, 5.41) is 0. The zero-order valence-electron chi connectivity index (χ0n) is 11.4. The first kappa shape index (κ1) is 13.4. The molecular formula is C16H19NO2. The Balaban J connectivity index is 2.48. The third kappa shape index (κ3) is 2.87. The molecule has 0 spiro atoms. The van der Waals surface area contributed by atoms with E-state index in [0.29, 0.717) is 6.42 Å². The quantitative estimate of drug-likeness (QED) is 0.776. The molecule has 0 saturated heterocycles. The molecule has 0 unspecified atom stereocenters. The molecule has 1 heterocycles. The Morgan fingerprint density at radius 2 is 2.05 bits per heavy atom. The molecule has 0 amide bonds. The summed E-state index contributed by atoms with van der Waals surface area (Å²) in [6.07, 6.45) is 5.71. The third-order valence-electron chi connectivity index (χ3n) is 3.12. The van der Waals surface area contributed by atoms with Gasteiger partial charge in [-0.15, -0.1) is 0 Å². The number of rotatable bonds is 4. The summed E-state index contributed by atoms with van der Waals surface area (Å²) in [7, 11) is 1.43. The molecule has 0 atom stereocenters. The third-order valence-corrected chi connectivity index (χ3v) is 3.12. The van der Waals surface area contributed by atoms with Gasteiger partial charge in [0, 0.05) is 19.2 Å². The molecule has 0 bridgehead atoms. The maximum Gasteiger partial charge on any atom is 0.336 e. The van der Waals surface area contributed by atoms with Crippen molar-refractivity contribution in [1.29, 1.82) is 0 Å². The van der Waals surface area contributed by atoms with E-state index >= 15 is 0 Å². The van der Waals surface area contributed by atoms with Crippen LogP contribution in [0.4, 0.5) is 0 Å². The summed E-state index contributed by atoms with van der Waals surface area (Å²) in [6.45, 7) is 3.02. The van der Waals surface area contributed by atoms with Crippen LogP contribution in [0.5, 0.6) is 0 Å². The lowest BCUT2D eigenvalue weighted by atomic mass is 10.00. The maximum absolute atomic E-state index is 12.0. The molecule has 100 valence electrons. The van der Waals surface area contributed by atoms with Gasteiger partial charge in [0.1, 0.15) is 0 Å². The summed E-state index contributed by atoms with van der Waals surface area (Å²) >= 11 is 0. The predicted molar refractivity (Wildman–Crippen MR) is 76.1 cm³/mol. The van der Waals surface area contributed by atoms with Crippen molar-refractivity contribution in [1.82, 2.24) is 4.90 Å². The van der Waals surface area contributed by atoms with Crippen molar-refractivity contribution in [2.24, 2.45) is 0 Å². The zero-order valence-corrected chi connectivity index (χ0v) is 11.4. The molecule has 1 aromatic rings. The fourth-order valence-corrected chi connectivity index (χ4v) is 2.31. The number of benzene rings is 1. The fourth-order valence-electron chi connectivity index (χ4n) is 2.31. The number of carbonyl (C=O) groups excluding carboxylic acids is 1. The minimum Gasteiger partial charge on any atom is -0.466 e. The number of hydrogen-bond acceptors (Lipinski definition) is 3. The first-order valence-electron chi connectivity index (χ1n) is 6.58. The molecule has 1 aliphatic rings. The van der Waals surface area contributed by atoms with E-state index in [1.54, 1.807) is 0 Å². The highest BCUT2D eigenvalue weighted by molar-refractivity contribution is 5.98. The largest absolute Gasteiger partial charge is 0.466 e. The van der Waals surface area contributed by atoms with Crippen molar-refractivity contribution in [3.8, 4) is 0 Å². The van der Waals surface area contributed by atoms with Crippen molar-refractivity contribution in [3.63, 3.8) is 0 Å². The number of nitrogens with zero attached hydrogens (tertiary/aromatic N) is 1. The molecule has 3 heteroatoms. The Bertz CT molecular complexity index is 503. The lowest BCUT2D eigenvalue weighted by molar-refractivity contribution is -0.136. The molecule has 2 rings (SSSR count). The highest BCUT2D eigenvalue weighted by Gasteiger charge is 2.22. The van der Waals surface area contributed by atoms with E-state index in [0.717, 1.165) is 29.8 Å². The Morgan fingerprint density at radius 1 is 1.32 bits per heavy atom. The molecule has 0 saturated carbocycles. The summed E-state index contributed by atoms with van der Waals surface area (Å²) in [6, 6.07) is 10.0. The van der Waals surface area contributed by atoms with Gasteiger partial charge in [-0.25, -0.2) is 4.79 Å². The van der Waals surface area contributed by atoms with E-state index in [9.17, 15) is 4.79 Å². The van der Waals surface area contributed by atoms with E-state index in [-0.39, 0.29) is 5.97 Å². The topological polar surface area (TPSA) is 29.5 Å². The highest BCUT2D eigenvalue weighted by atomic mass is 16.5. The van der Waals surface area contributed by atoms with Crippen LogP contribution in [-0.4, -0.2) is 24.5 Å². The van der Waals surface area contributed by atoms with Crippen molar-refractivity contribution >= 4 is 11.7 Å². The number of carbonyl (C=O) groups is 1. The Kier molecular flexibility index (Phi) is 4.39. The summed E-state index contributed by atoms with van der Waals surface area (Å²) < 4.78 is 4.91. The van der Waals surface area contributed by atoms with Gasteiger partial charge in [0.2, 0.25) is 0 Å². The Hall–Kier alpha value is -2.03. The van der Waals surface area contributed by atoms with Crippen LogP contribution in [0.2, 0.25) is 0 Å². The Labute approximate surface area is 114 Å². The van der Waals surface area contributed by atoms with Crippen molar-refractivity contribution in [2.75, 3.05) is 13.7 Å². The van der Waals surface area contributed by atoms with Gasteiger partial charge in [0.15, 0.2) is 0 Å². The van der Waals surface area contributed by atoms with Gasteiger partial charge < -0.3 is 9.64 Å². The second-order valence-electron chi connectivity index (χ2n) is 4.47. The fraction of sp³-hybridized carbons (Fsp3) is 0.312. The van der Waals surface area contributed by atoms with Crippen LogP contribution in [0, 0.1) is 0 Å². The molecule has 0 fully saturated rings. The standard InChI is InChI=1S/C16H19NO2/c1-3-11-17-12-7-10-14(16(18)19-2)15(17)13-8-5-4-6-9-13/h4-9,12H,3,10-11H2,1-2H3. The van der Waals surface area contributed by atoms with Crippen LogP contribution in [-0.2, 0) is 9.53 Å². The predicted octanol–water partition coefficient (Wildman–Crippen LogP) is 3.20. The van der Waals surface area contributed by atoms with E-state index in [1.807, 2.05) is 36.4 Å². The lowest BCUT2D eigenvalue weighted by Gasteiger charge is -2.28. The van der Waals surface area contributed by atoms with Crippen LogP contribution in [0.1, 0.15) is 25.3 Å². The zero-order chi connectivity index (χ0) is 13.7. The average Bonchev–Trinajstić information content (AvgIpc) is 2.47. The number of hydrogen-bond donors (Lipinski definition) is 0. The van der Waals surface area contributed by atoms with Gasteiger partial charge in [-0.2, -0.15) is 0 Å². The minimum atomic E-state index is -0.246. The Morgan fingerprint density at radius 3 is 2.68 bits per heavy atom. The molecule has 1 aromatic carbocycles. The van der Waals surface area contributed by atoms with E-state index in [2.05, 4.69) is 18.0 Å². The SMILES string of the molecule is CCCN1C=CCC(C(=O)OC)=C1c1ccccc1. The average molecular weight is 257 g/mol. The van der Waals surface area contributed by atoms with Crippen LogP contribution in [0.25, 0.3) is 5.70 Å². The highest BCUT2D eigenvalue weighted by Crippen LogP contribution is 2.30. The molecule has 0 aromatic heterocycles. The molecule has 19 heavy (non-hydrogen) atoms. The number of allylic oxidation sites excluding steroid dienone is 1. The molecular weight excluding hydrogens is 238 g/mol. The monoisotopic (exact) mass is 257 g/mol. The molecule has 3 nitrogen and oxygen atoms in total. The number of esters is 1. The van der Waals surface area contributed by atoms with Gasteiger partial charge in [-0.3, -0.25) is 0 Å². The first-order valence-corrected chi connectivity index (χ1v) is 6.58. The van der Waals surface area contributed by atoms with Crippen molar-refractivity contribution in [3.05, 3.63) is 53.7 Å². The molecule has 0 N–H and O–H groups in total. The van der Waals surface area contributed by atoms with Gasteiger partial charge in [-0.1, -0.05) is 43.3 Å². The molecule has 0 aliphatic carbocycles. The van der Waals surface area contributed by atoms with Crippen LogP contribution >= 0.6 is 0 Å². The van der Waals surface area contributed by atoms with E-state index in [4.69, 9.17) is 4.74 Å². The van der Waals surface area contributed by atoms with E-state index < -0.39 is 0 Å². The molecule has 0 radical (unpaired) electrons. The van der Waals surface area contributed by atoms with Crippen molar-refractivity contribution < 1.29 is 9.53 Å². The lowest BCUT2D eigenvalue weighted by Crippen LogP contribution is -2.23. The van der Waals surface area contributed by atoms with Crippen LogP contribution in [0.3, 0.4) is 0 Å². The normalized spacial score (nSPS) is 14.7. The van der Waals surface area contributed by atoms with E-state index in [1.165, 1.54) is 7.11 Å². The first-order chi connectivity index (χ1) is 9.27. The smallest absolute Gasteiger partial charge is 0.336 e. The van der Waals surface area contributed by atoms with Gasteiger partial charge in [-0.05, 0) is 12.0 Å². The summed E-state index contributed by atoms with van der Waals surface area (Å²) in [5.74, 6) is -0.246. The summed E-state index contributed by atoms with van der Waals surface area (Å²) in [4.78, 5) is 14.1. The van der Waals surface area contributed by atoms with Crippen LogP contribution < -0.4 is 0 Å². The van der Waals surface area contributed by atoms with Gasteiger partial charge >= 0.3 is 5.97 Å². The number of methoxy groups -OCH3 is 1. The maximum atomic E-state index is 12.0. The van der Waals surface area contributed by atoms with Crippen LogP contribution in [0.15, 0.2) is 48.2 Å². The van der Waals surface area contributed by atoms with Crippen molar-refractivity contribution in [2.45, 2.75) is 19.8 Å². The number of ether oxygens (including phenoxy) is 1. The van der Waals surface area contributed by atoms with Gasteiger partial charge in [0.05, 0.1) is 18.4 Å².